The van der Waals surface area contributed by atoms with Gasteiger partial charge in [-0.3, -0.25) is 14.4 Å². The molecule has 0 radical (unpaired) electrons. The maximum atomic E-state index is 12.3. The Morgan fingerprint density at radius 2 is 2.00 bits per heavy atom. The van der Waals surface area contributed by atoms with Crippen LogP contribution >= 0.6 is 0 Å². The van der Waals surface area contributed by atoms with Crippen molar-refractivity contribution in [1.29, 1.82) is 0 Å². The van der Waals surface area contributed by atoms with E-state index in [4.69, 9.17) is 4.74 Å². The Hall–Kier alpha value is -2.50. The number of hydrogen-bond acceptors (Lipinski definition) is 5. The van der Waals surface area contributed by atoms with Crippen molar-refractivity contribution < 1.29 is 19.1 Å². The standard InChI is InChI=1S/C17H20N2O4/c1-4-14(23-11(3)20)17(22)13-7-5-12(6-8-13)16-10(2)9-15(21)18-19-16/h5-8,10,14H,4,9H2,1-3H3,(H,18,21). The minimum atomic E-state index is -0.761. The molecule has 1 N–H and O–H groups in total. The fraction of sp³-hybridized carbons (Fsp3) is 0.412. The molecule has 0 saturated heterocycles. The van der Waals surface area contributed by atoms with Crippen LogP contribution in [-0.4, -0.2) is 29.5 Å². The third-order valence-corrected chi connectivity index (χ3v) is 3.70. The van der Waals surface area contributed by atoms with E-state index in [2.05, 4.69) is 10.5 Å². The van der Waals surface area contributed by atoms with E-state index in [1.165, 1.54) is 6.92 Å². The summed E-state index contributed by atoms with van der Waals surface area (Å²) in [7, 11) is 0. The van der Waals surface area contributed by atoms with E-state index in [1.54, 1.807) is 31.2 Å². The monoisotopic (exact) mass is 316 g/mol. The Kier molecular flexibility index (Phi) is 5.26. The van der Waals surface area contributed by atoms with E-state index < -0.39 is 12.1 Å². The van der Waals surface area contributed by atoms with Gasteiger partial charge in [0, 0.05) is 24.8 Å². The van der Waals surface area contributed by atoms with Gasteiger partial charge >= 0.3 is 5.97 Å². The van der Waals surface area contributed by atoms with Crippen LogP contribution in [-0.2, 0) is 14.3 Å². The number of ether oxygens (including phenoxy) is 1. The van der Waals surface area contributed by atoms with E-state index in [0.29, 0.717) is 18.4 Å². The lowest BCUT2D eigenvalue weighted by Crippen LogP contribution is -2.32. The molecule has 1 aromatic rings. The summed E-state index contributed by atoms with van der Waals surface area (Å²) < 4.78 is 5.03. The summed E-state index contributed by atoms with van der Waals surface area (Å²) in [5.74, 6) is -0.765. The molecule has 23 heavy (non-hydrogen) atoms. The highest BCUT2D eigenvalue weighted by Gasteiger charge is 2.23. The lowest BCUT2D eigenvalue weighted by molar-refractivity contribution is -0.144. The number of nitrogens with zero attached hydrogens (tertiary/aromatic N) is 1. The molecule has 0 fully saturated rings. The highest BCUT2D eigenvalue weighted by Crippen LogP contribution is 2.18. The van der Waals surface area contributed by atoms with E-state index in [0.717, 1.165) is 11.3 Å². The summed E-state index contributed by atoms with van der Waals surface area (Å²) >= 11 is 0. The number of Topliss-reactive ketones (excluding diaryl/α,β-unsaturated/α-hetero) is 1. The third kappa shape index (κ3) is 4.03. The third-order valence-electron chi connectivity index (χ3n) is 3.70. The predicted molar refractivity (Wildman–Crippen MR) is 85.1 cm³/mol. The van der Waals surface area contributed by atoms with Gasteiger partial charge in [0.2, 0.25) is 11.7 Å². The van der Waals surface area contributed by atoms with Gasteiger partial charge in [-0.15, -0.1) is 0 Å². The van der Waals surface area contributed by atoms with Crippen LogP contribution in [0.4, 0.5) is 0 Å². The molecule has 0 aromatic heterocycles. The minimum Gasteiger partial charge on any atom is -0.454 e. The zero-order valence-electron chi connectivity index (χ0n) is 13.5. The lowest BCUT2D eigenvalue weighted by Gasteiger charge is -2.19. The maximum Gasteiger partial charge on any atom is 0.303 e. The van der Waals surface area contributed by atoms with Gasteiger partial charge in [-0.1, -0.05) is 38.1 Å². The molecule has 1 heterocycles. The molecule has 6 nitrogen and oxygen atoms in total. The number of carbonyl (C=O) groups excluding carboxylic acids is 3. The Balaban J connectivity index is 2.17. The molecule has 2 atom stereocenters. The highest BCUT2D eigenvalue weighted by molar-refractivity contribution is 6.07. The van der Waals surface area contributed by atoms with Crippen molar-refractivity contribution in [3.8, 4) is 0 Å². The van der Waals surface area contributed by atoms with E-state index in [-0.39, 0.29) is 17.6 Å². The Bertz CT molecular complexity index is 649. The van der Waals surface area contributed by atoms with Crippen molar-refractivity contribution >= 4 is 23.4 Å². The van der Waals surface area contributed by atoms with E-state index in [9.17, 15) is 14.4 Å². The smallest absolute Gasteiger partial charge is 0.303 e. The van der Waals surface area contributed by atoms with Crippen molar-refractivity contribution in [3.05, 3.63) is 35.4 Å². The number of ketones is 1. The first-order chi connectivity index (χ1) is 10.9. The van der Waals surface area contributed by atoms with Crippen LogP contribution in [0.2, 0.25) is 0 Å². The largest absolute Gasteiger partial charge is 0.454 e. The van der Waals surface area contributed by atoms with Gasteiger partial charge in [0.1, 0.15) is 0 Å². The molecule has 1 aliphatic heterocycles. The molecular formula is C17H20N2O4. The number of hydrazone groups is 1. The molecule has 122 valence electrons. The second-order valence-corrected chi connectivity index (χ2v) is 5.59. The Morgan fingerprint density at radius 3 is 2.52 bits per heavy atom. The Labute approximate surface area is 134 Å². The zero-order chi connectivity index (χ0) is 17.0. The van der Waals surface area contributed by atoms with Crippen LogP contribution in [0.3, 0.4) is 0 Å². The average molecular weight is 316 g/mol. The molecule has 0 aliphatic carbocycles. The van der Waals surface area contributed by atoms with Gasteiger partial charge in [0.15, 0.2) is 6.10 Å². The van der Waals surface area contributed by atoms with Gasteiger partial charge in [-0.2, -0.15) is 5.10 Å². The van der Waals surface area contributed by atoms with Crippen LogP contribution in [0, 0.1) is 5.92 Å². The molecule has 6 heteroatoms. The lowest BCUT2D eigenvalue weighted by atomic mass is 9.93. The second-order valence-electron chi connectivity index (χ2n) is 5.59. The molecule has 0 spiro atoms. The van der Waals surface area contributed by atoms with Crippen molar-refractivity contribution in [2.75, 3.05) is 0 Å². The molecule has 2 unspecified atom stereocenters. The van der Waals surface area contributed by atoms with E-state index in [1.807, 2.05) is 6.92 Å². The summed E-state index contributed by atoms with van der Waals surface area (Å²) in [4.78, 5) is 34.7. The van der Waals surface area contributed by atoms with E-state index >= 15 is 0 Å². The van der Waals surface area contributed by atoms with Crippen LogP contribution in [0.1, 0.15) is 49.5 Å². The van der Waals surface area contributed by atoms with Crippen molar-refractivity contribution in [2.45, 2.75) is 39.7 Å². The summed E-state index contributed by atoms with van der Waals surface area (Å²) in [6.07, 6.45) is 0.0587. The topological polar surface area (TPSA) is 84.8 Å². The summed E-state index contributed by atoms with van der Waals surface area (Å²) in [5.41, 5.74) is 4.60. The molecular weight excluding hydrogens is 296 g/mol. The molecule has 2 rings (SSSR count). The molecule has 0 bridgehead atoms. The number of rotatable bonds is 5. The van der Waals surface area contributed by atoms with Gasteiger partial charge in [0.05, 0.1) is 5.71 Å². The number of carbonyl (C=O) groups is 3. The summed E-state index contributed by atoms with van der Waals surface area (Å²) in [5, 5.41) is 4.09. The second kappa shape index (κ2) is 7.17. The van der Waals surface area contributed by atoms with Gasteiger partial charge in [0.25, 0.3) is 0 Å². The van der Waals surface area contributed by atoms with Crippen LogP contribution < -0.4 is 5.43 Å². The number of hydrogen-bond donors (Lipinski definition) is 1. The average Bonchev–Trinajstić information content (AvgIpc) is 2.52. The first-order valence-electron chi connectivity index (χ1n) is 7.60. The first kappa shape index (κ1) is 16.9. The summed E-state index contributed by atoms with van der Waals surface area (Å²) in [6, 6.07) is 6.96. The normalized spacial score (nSPS) is 18.7. The minimum absolute atomic E-state index is 0.0229. The number of amides is 1. The number of nitrogens with one attached hydrogen (secondary N) is 1. The molecule has 1 amide bonds. The maximum absolute atomic E-state index is 12.3. The highest BCUT2D eigenvalue weighted by atomic mass is 16.5. The molecule has 1 aromatic carbocycles. The fourth-order valence-corrected chi connectivity index (χ4v) is 2.52. The summed E-state index contributed by atoms with van der Waals surface area (Å²) in [6.45, 7) is 5.02. The van der Waals surface area contributed by atoms with Gasteiger partial charge in [-0.05, 0) is 12.0 Å². The van der Waals surface area contributed by atoms with Crippen LogP contribution in [0.5, 0.6) is 0 Å². The van der Waals surface area contributed by atoms with Crippen LogP contribution in [0.15, 0.2) is 29.4 Å². The zero-order valence-corrected chi connectivity index (χ0v) is 13.5. The van der Waals surface area contributed by atoms with Gasteiger partial charge < -0.3 is 4.74 Å². The van der Waals surface area contributed by atoms with Crippen molar-refractivity contribution in [1.82, 2.24) is 5.43 Å². The molecule has 1 aliphatic rings. The SMILES string of the molecule is CCC(OC(C)=O)C(=O)c1ccc(C2=NNC(=O)CC2C)cc1. The number of esters is 1. The predicted octanol–water partition coefficient (Wildman–Crippen LogP) is 2.07. The number of benzene rings is 1. The molecule has 0 saturated carbocycles. The first-order valence-corrected chi connectivity index (χ1v) is 7.60. The van der Waals surface area contributed by atoms with Crippen LogP contribution in [0.25, 0.3) is 0 Å². The quantitative estimate of drug-likeness (QED) is 0.665. The van der Waals surface area contributed by atoms with Gasteiger partial charge in [-0.25, -0.2) is 5.43 Å². The Morgan fingerprint density at radius 1 is 1.35 bits per heavy atom. The van der Waals surface area contributed by atoms with Crippen molar-refractivity contribution in [3.63, 3.8) is 0 Å². The van der Waals surface area contributed by atoms with Crippen molar-refractivity contribution in [2.24, 2.45) is 11.0 Å². The fourth-order valence-electron chi connectivity index (χ4n) is 2.52.